The molecule has 1 aromatic carbocycles. The molecule has 0 unspecified atom stereocenters. The van der Waals surface area contributed by atoms with Crippen molar-refractivity contribution in [3.8, 4) is 0 Å². The van der Waals surface area contributed by atoms with Gasteiger partial charge in [-0.2, -0.15) is 0 Å². The molecule has 0 spiro atoms. The fraction of sp³-hybridized carbons (Fsp3) is 0.312. The van der Waals surface area contributed by atoms with Crippen molar-refractivity contribution in [1.82, 2.24) is 10.2 Å². The molecule has 6 nitrogen and oxygen atoms in total. The van der Waals surface area contributed by atoms with E-state index in [-0.39, 0.29) is 11.8 Å². The number of hydrogen-bond acceptors (Lipinski definition) is 3. The third-order valence-electron chi connectivity index (χ3n) is 3.60. The number of benzene rings is 1. The number of amides is 3. The molecule has 6 heteroatoms. The highest BCUT2D eigenvalue weighted by molar-refractivity contribution is 5.98. The van der Waals surface area contributed by atoms with Gasteiger partial charge in [0.1, 0.15) is 5.54 Å². The number of carbonyl (C=O) groups is 3. The number of nitrogens with one attached hydrogen (secondary N) is 1. The van der Waals surface area contributed by atoms with Crippen molar-refractivity contribution in [3.05, 3.63) is 48.0 Å². The molecule has 1 rings (SSSR count). The van der Waals surface area contributed by atoms with Crippen molar-refractivity contribution in [2.45, 2.75) is 25.9 Å². The van der Waals surface area contributed by atoms with Gasteiger partial charge in [0.15, 0.2) is 0 Å². The lowest BCUT2D eigenvalue weighted by atomic mass is 10.0. The van der Waals surface area contributed by atoms with Crippen molar-refractivity contribution in [1.29, 1.82) is 0 Å². The Morgan fingerprint density at radius 1 is 1.27 bits per heavy atom. The van der Waals surface area contributed by atoms with E-state index in [1.165, 1.54) is 18.0 Å². The lowest BCUT2D eigenvalue weighted by molar-refractivity contribution is -0.126. The Hall–Kier alpha value is -2.63. The van der Waals surface area contributed by atoms with Gasteiger partial charge < -0.3 is 16.0 Å². The Bertz CT molecular complexity index is 591. The van der Waals surface area contributed by atoms with Crippen molar-refractivity contribution in [3.63, 3.8) is 0 Å². The summed E-state index contributed by atoms with van der Waals surface area (Å²) in [6.45, 7) is 6.90. The second-order valence-corrected chi connectivity index (χ2v) is 5.41. The smallest absolute Gasteiger partial charge is 0.254 e. The molecule has 0 bridgehead atoms. The summed E-state index contributed by atoms with van der Waals surface area (Å²) < 4.78 is 0. The molecule has 0 aliphatic heterocycles. The van der Waals surface area contributed by atoms with E-state index >= 15 is 0 Å². The van der Waals surface area contributed by atoms with Gasteiger partial charge in [-0.25, -0.2) is 0 Å². The van der Waals surface area contributed by atoms with Crippen LogP contribution in [0.5, 0.6) is 0 Å². The molecule has 0 saturated carbocycles. The SMILES string of the molecule is C=CC(=O)NCc1ccc(C(=O)N(C)C(C)(C)C(N)=O)cc1. The van der Waals surface area contributed by atoms with Crippen LogP contribution in [0.4, 0.5) is 0 Å². The fourth-order valence-electron chi connectivity index (χ4n) is 1.64. The first-order valence-electron chi connectivity index (χ1n) is 6.77. The lowest BCUT2D eigenvalue weighted by Crippen LogP contribution is -2.53. The summed E-state index contributed by atoms with van der Waals surface area (Å²) in [4.78, 5) is 36.2. The Labute approximate surface area is 130 Å². The zero-order valence-electron chi connectivity index (χ0n) is 13.1. The average molecular weight is 303 g/mol. The van der Waals surface area contributed by atoms with Crippen LogP contribution in [-0.4, -0.2) is 35.2 Å². The molecule has 118 valence electrons. The quantitative estimate of drug-likeness (QED) is 0.762. The zero-order chi connectivity index (χ0) is 16.9. The molecule has 0 fully saturated rings. The largest absolute Gasteiger partial charge is 0.368 e. The van der Waals surface area contributed by atoms with Crippen LogP contribution < -0.4 is 11.1 Å². The molecule has 1 aromatic rings. The van der Waals surface area contributed by atoms with Crippen molar-refractivity contribution < 1.29 is 14.4 Å². The number of likely N-dealkylation sites (N-methyl/N-ethyl adjacent to an activating group) is 1. The maximum absolute atomic E-state index is 12.4. The van der Waals surface area contributed by atoms with E-state index < -0.39 is 11.4 Å². The number of hydrogen-bond donors (Lipinski definition) is 2. The van der Waals surface area contributed by atoms with Gasteiger partial charge in [0.25, 0.3) is 5.91 Å². The first kappa shape index (κ1) is 17.4. The molecule has 0 aliphatic rings. The van der Waals surface area contributed by atoms with Crippen LogP contribution >= 0.6 is 0 Å². The second kappa shape index (κ2) is 6.89. The van der Waals surface area contributed by atoms with Crippen molar-refractivity contribution in [2.24, 2.45) is 5.73 Å². The third-order valence-corrected chi connectivity index (χ3v) is 3.60. The molecule has 22 heavy (non-hydrogen) atoms. The minimum atomic E-state index is -1.08. The summed E-state index contributed by atoms with van der Waals surface area (Å²) in [5.74, 6) is -1.14. The number of nitrogens with two attached hydrogens (primary N) is 1. The van der Waals surface area contributed by atoms with Crippen molar-refractivity contribution in [2.75, 3.05) is 7.05 Å². The van der Waals surface area contributed by atoms with E-state index in [1.807, 2.05) is 0 Å². The van der Waals surface area contributed by atoms with E-state index in [0.717, 1.165) is 5.56 Å². The highest BCUT2D eigenvalue weighted by Gasteiger charge is 2.33. The Morgan fingerprint density at radius 2 is 1.82 bits per heavy atom. The van der Waals surface area contributed by atoms with Crippen molar-refractivity contribution >= 4 is 17.7 Å². The van der Waals surface area contributed by atoms with Gasteiger partial charge in [-0.05, 0) is 37.6 Å². The molecule has 0 radical (unpaired) electrons. The van der Waals surface area contributed by atoms with Crippen LogP contribution in [0.3, 0.4) is 0 Å². The predicted octanol–water partition coefficient (Wildman–Crippen LogP) is 0.825. The van der Waals surface area contributed by atoms with Crippen LogP contribution in [0.1, 0.15) is 29.8 Å². The molecule has 0 atom stereocenters. The minimum absolute atomic E-state index is 0.261. The standard InChI is InChI=1S/C16H21N3O3/c1-5-13(20)18-10-11-6-8-12(9-7-11)14(21)19(4)16(2,3)15(17)22/h5-9H,1,10H2,2-4H3,(H2,17,22)(H,18,20). The molecule has 3 amide bonds. The van der Waals surface area contributed by atoms with Crippen LogP contribution in [0.15, 0.2) is 36.9 Å². The molecule has 0 heterocycles. The monoisotopic (exact) mass is 303 g/mol. The van der Waals surface area contributed by atoms with Crippen LogP contribution in [0, 0.1) is 0 Å². The summed E-state index contributed by atoms with van der Waals surface area (Å²) in [6.07, 6.45) is 1.19. The van der Waals surface area contributed by atoms with Gasteiger partial charge in [-0.1, -0.05) is 18.7 Å². The molecular formula is C16H21N3O3. The maximum Gasteiger partial charge on any atom is 0.254 e. The Balaban J connectivity index is 2.82. The van der Waals surface area contributed by atoms with Gasteiger partial charge in [-0.3, -0.25) is 14.4 Å². The van der Waals surface area contributed by atoms with Crippen LogP contribution in [-0.2, 0) is 16.1 Å². The first-order chi connectivity index (χ1) is 10.2. The summed E-state index contributed by atoms with van der Waals surface area (Å²) in [5.41, 5.74) is 5.53. The van der Waals surface area contributed by atoms with E-state index in [4.69, 9.17) is 5.73 Å². The summed E-state index contributed by atoms with van der Waals surface area (Å²) in [5, 5.41) is 2.65. The zero-order valence-corrected chi connectivity index (χ0v) is 13.1. The van der Waals surface area contributed by atoms with Gasteiger partial charge in [0, 0.05) is 19.2 Å². The number of rotatable bonds is 6. The molecule has 0 aromatic heterocycles. The summed E-state index contributed by atoms with van der Waals surface area (Å²) in [6, 6.07) is 6.76. The van der Waals surface area contributed by atoms with Gasteiger partial charge in [-0.15, -0.1) is 0 Å². The van der Waals surface area contributed by atoms with Gasteiger partial charge in [0.05, 0.1) is 0 Å². The van der Waals surface area contributed by atoms with E-state index in [9.17, 15) is 14.4 Å². The Morgan fingerprint density at radius 3 is 2.27 bits per heavy atom. The van der Waals surface area contributed by atoms with E-state index in [0.29, 0.717) is 12.1 Å². The highest BCUT2D eigenvalue weighted by Crippen LogP contribution is 2.16. The predicted molar refractivity (Wildman–Crippen MR) is 83.9 cm³/mol. The normalized spacial score (nSPS) is 10.7. The summed E-state index contributed by atoms with van der Waals surface area (Å²) in [7, 11) is 1.53. The molecule has 0 aliphatic carbocycles. The third kappa shape index (κ3) is 3.94. The fourth-order valence-corrected chi connectivity index (χ4v) is 1.64. The number of carbonyl (C=O) groups excluding carboxylic acids is 3. The van der Waals surface area contributed by atoms with Crippen LogP contribution in [0.25, 0.3) is 0 Å². The van der Waals surface area contributed by atoms with Crippen LogP contribution in [0.2, 0.25) is 0 Å². The van der Waals surface area contributed by atoms with Gasteiger partial charge >= 0.3 is 0 Å². The lowest BCUT2D eigenvalue weighted by Gasteiger charge is -2.32. The Kier molecular flexibility index (Phi) is 5.45. The molecular weight excluding hydrogens is 282 g/mol. The molecule has 3 N–H and O–H groups in total. The topological polar surface area (TPSA) is 92.5 Å². The average Bonchev–Trinajstić information content (AvgIpc) is 2.51. The number of primary amides is 1. The second-order valence-electron chi connectivity index (χ2n) is 5.41. The minimum Gasteiger partial charge on any atom is -0.368 e. The van der Waals surface area contributed by atoms with Gasteiger partial charge in [0.2, 0.25) is 11.8 Å². The van der Waals surface area contributed by atoms with E-state index in [2.05, 4.69) is 11.9 Å². The number of nitrogens with zero attached hydrogens (tertiary/aromatic N) is 1. The summed E-state index contributed by atoms with van der Waals surface area (Å²) >= 11 is 0. The maximum atomic E-state index is 12.4. The molecule has 0 saturated heterocycles. The first-order valence-corrected chi connectivity index (χ1v) is 6.77. The van der Waals surface area contributed by atoms with E-state index in [1.54, 1.807) is 38.1 Å². The highest BCUT2D eigenvalue weighted by atomic mass is 16.2.